The predicted octanol–water partition coefficient (Wildman–Crippen LogP) is 4.84. The molecule has 0 saturated heterocycles. The number of anilines is 5. The van der Waals surface area contributed by atoms with Gasteiger partial charge >= 0.3 is 0 Å². The standard InChI is InChI=1S/C20H16F2N6O/c21-13-3-7-15(8-4-13)24-19-26-18(23-12-17-2-1-11-29-17)27-20(28-19)25-16-9-5-14(22)6-10-16/h1-11H,12H2,(H3,23,24,25,26,27,28). The van der Waals surface area contributed by atoms with Crippen LogP contribution in [0.5, 0.6) is 0 Å². The number of nitrogens with zero attached hydrogens (tertiary/aromatic N) is 3. The van der Waals surface area contributed by atoms with Crippen molar-refractivity contribution in [2.45, 2.75) is 6.54 Å². The largest absolute Gasteiger partial charge is 0.467 e. The summed E-state index contributed by atoms with van der Waals surface area (Å²) in [5.41, 5.74) is 1.23. The molecule has 0 aliphatic carbocycles. The predicted molar refractivity (Wildman–Crippen MR) is 105 cm³/mol. The number of halogens is 2. The van der Waals surface area contributed by atoms with Crippen LogP contribution in [-0.2, 0) is 6.54 Å². The lowest BCUT2D eigenvalue weighted by molar-refractivity contribution is 0.517. The lowest BCUT2D eigenvalue weighted by atomic mass is 10.3. The summed E-state index contributed by atoms with van der Waals surface area (Å²) >= 11 is 0. The molecule has 7 nitrogen and oxygen atoms in total. The Kier molecular flexibility index (Phi) is 5.28. The molecule has 0 atom stereocenters. The Labute approximate surface area is 164 Å². The molecule has 0 radical (unpaired) electrons. The highest BCUT2D eigenvalue weighted by atomic mass is 19.1. The molecule has 0 aliphatic rings. The van der Waals surface area contributed by atoms with E-state index in [0.717, 1.165) is 0 Å². The van der Waals surface area contributed by atoms with Gasteiger partial charge in [-0.25, -0.2) is 8.78 Å². The molecule has 2 aromatic heterocycles. The molecular weight excluding hydrogens is 378 g/mol. The van der Waals surface area contributed by atoms with Crippen LogP contribution in [0.15, 0.2) is 71.3 Å². The Morgan fingerprint density at radius 3 is 1.69 bits per heavy atom. The van der Waals surface area contributed by atoms with Gasteiger partial charge in [0.2, 0.25) is 17.8 Å². The average Bonchev–Trinajstić information content (AvgIpc) is 3.24. The molecule has 0 bridgehead atoms. The Hall–Kier alpha value is -4.01. The van der Waals surface area contributed by atoms with Gasteiger partial charge in [0.1, 0.15) is 17.4 Å². The smallest absolute Gasteiger partial charge is 0.233 e. The van der Waals surface area contributed by atoms with Gasteiger partial charge in [-0.05, 0) is 60.7 Å². The number of nitrogens with one attached hydrogen (secondary N) is 3. The van der Waals surface area contributed by atoms with Crippen LogP contribution < -0.4 is 16.0 Å². The van der Waals surface area contributed by atoms with E-state index >= 15 is 0 Å². The zero-order valence-corrected chi connectivity index (χ0v) is 15.1. The van der Waals surface area contributed by atoms with Gasteiger partial charge in [0, 0.05) is 11.4 Å². The zero-order chi connectivity index (χ0) is 20.1. The fourth-order valence-corrected chi connectivity index (χ4v) is 2.47. The third-order valence-corrected chi connectivity index (χ3v) is 3.84. The summed E-state index contributed by atoms with van der Waals surface area (Å²) < 4.78 is 31.6. The first kappa shape index (κ1) is 18.4. The van der Waals surface area contributed by atoms with Gasteiger partial charge in [-0.3, -0.25) is 0 Å². The van der Waals surface area contributed by atoms with Gasteiger partial charge in [-0.1, -0.05) is 0 Å². The van der Waals surface area contributed by atoms with Crippen LogP contribution in [0.2, 0.25) is 0 Å². The van der Waals surface area contributed by atoms with Crippen molar-refractivity contribution >= 4 is 29.2 Å². The summed E-state index contributed by atoms with van der Waals surface area (Å²) in [7, 11) is 0. The molecule has 0 saturated carbocycles. The molecule has 4 rings (SSSR count). The molecule has 0 spiro atoms. The van der Waals surface area contributed by atoms with Crippen molar-refractivity contribution in [3.63, 3.8) is 0 Å². The van der Waals surface area contributed by atoms with E-state index in [1.807, 2.05) is 6.07 Å². The van der Waals surface area contributed by atoms with Crippen molar-refractivity contribution in [1.82, 2.24) is 15.0 Å². The van der Waals surface area contributed by atoms with Gasteiger partial charge in [-0.15, -0.1) is 0 Å². The Morgan fingerprint density at radius 2 is 1.21 bits per heavy atom. The van der Waals surface area contributed by atoms with Crippen molar-refractivity contribution in [3.8, 4) is 0 Å². The Morgan fingerprint density at radius 1 is 0.690 bits per heavy atom. The molecule has 29 heavy (non-hydrogen) atoms. The maximum absolute atomic E-state index is 13.1. The van der Waals surface area contributed by atoms with Crippen LogP contribution in [0.4, 0.5) is 38.0 Å². The molecule has 3 N–H and O–H groups in total. The molecule has 0 aliphatic heterocycles. The summed E-state index contributed by atoms with van der Waals surface area (Å²) in [6, 6.07) is 15.2. The highest BCUT2D eigenvalue weighted by Crippen LogP contribution is 2.19. The first-order valence-corrected chi connectivity index (χ1v) is 8.71. The lowest BCUT2D eigenvalue weighted by Gasteiger charge is -2.11. The molecule has 0 unspecified atom stereocenters. The van der Waals surface area contributed by atoms with Crippen molar-refractivity contribution in [1.29, 1.82) is 0 Å². The van der Waals surface area contributed by atoms with Crippen LogP contribution in [0.3, 0.4) is 0 Å². The third kappa shape index (κ3) is 5.04. The molecule has 9 heteroatoms. The van der Waals surface area contributed by atoms with Crippen LogP contribution in [0.25, 0.3) is 0 Å². The van der Waals surface area contributed by atoms with E-state index in [0.29, 0.717) is 29.6 Å². The van der Waals surface area contributed by atoms with Gasteiger partial charge in [0.15, 0.2) is 0 Å². The van der Waals surface area contributed by atoms with Gasteiger partial charge < -0.3 is 20.4 Å². The van der Waals surface area contributed by atoms with Crippen LogP contribution in [0.1, 0.15) is 5.76 Å². The zero-order valence-electron chi connectivity index (χ0n) is 15.1. The van der Waals surface area contributed by atoms with Crippen molar-refractivity contribution in [2.24, 2.45) is 0 Å². The van der Waals surface area contributed by atoms with Crippen LogP contribution >= 0.6 is 0 Å². The minimum atomic E-state index is -0.342. The van der Waals surface area contributed by atoms with E-state index in [-0.39, 0.29) is 23.5 Å². The van der Waals surface area contributed by atoms with E-state index in [9.17, 15) is 8.78 Å². The second-order valence-corrected chi connectivity index (χ2v) is 6.00. The van der Waals surface area contributed by atoms with E-state index in [2.05, 4.69) is 30.9 Å². The Bertz CT molecular complexity index is 1000. The highest BCUT2D eigenvalue weighted by molar-refractivity contribution is 5.59. The quantitative estimate of drug-likeness (QED) is 0.413. The monoisotopic (exact) mass is 394 g/mol. The summed E-state index contributed by atoms with van der Waals surface area (Å²) in [5.74, 6) is 0.824. The van der Waals surface area contributed by atoms with Gasteiger partial charge in [0.05, 0.1) is 12.8 Å². The molecule has 0 amide bonds. The topological polar surface area (TPSA) is 87.9 Å². The molecule has 2 aromatic carbocycles. The number of hydrogen-bond acceptors (Lipinski definition) is 7. The number of hydrogen-bond donors (Lipinski definition) is 3. The van der Waals surface area contributed by atoms with E-state index in [1.54, 1.807) is 36.6 Å². The van der Waals surface area contributed by atoms with Gasteiger partial charge in [-0.2, -0.15) is 15.0 Å². The minimum Gasteiger partial charge on any atom is -0.467 e. The summed E-state index contributed by atoms with van der Waals surface area (Å²) in [6.45, 7) is 0.378. The maximum atomic E-state index is 13.1. The number of aromatic nitrogens is 3. The first-order chi connectivity index (χ1) is 14.1. The summed E-state index contributed by atoms with van der Waals surface area (Å²) in [5, 5.41) is 9.08. The van der Waals surface area contributed by atoms with Gasteiger partial charge in [0.25, 0.3) is 0 Å². The van der Waals surface area contributed by atoms with E-state index < -0.39 is 0 Å². The SMILES string of the molecule is Fc1ccc(Nc2nc(NCc3ccco3)nc(Nc3ccc(F)cc3)n2)cc1. The van der Waals surface area contributed by atoms with E-state index in [1.165, 1.54) is 24.3 Å². The molecule has 0 fully saturated rings. The average molecular weight is 394 g/mol. The van der Waals surface area contributed by atoms with Crippen molar-refractivity contribution in [3.05, 3.63) is 84.3 Å². The summed E-state index contributed by atoms with van der Waals surface area (Å²) in [6.07, 6.45) is 1.58. The minimum absolute atomic E-state index is 0.248. The second-order valence-electron chi connectivity index (χ2n) is 6.00. The number of rotatable bonds is 7. The fraction of sp³-hybridized carbons (Fsp3) is 0.0500. The molecular formula is C20H16F2N6O. The lowest BCUT2D eigenvalue weighted by Crippen LogP contribution is -2.09. The molecule has 146 valence electrons. The Balaban J connectivity index is 1.58. The molecule has 4 aromatic rings. The normalized spacial score (nSPS) is 10.6. The van der Waals surface area contributed by atoms with Crippen molar-refractivity contribution < 1.29 is 13.2 Å². The number of furan rings is 1. The van der Waals surface area contributed by atoms with Crippen LogP contribution in [0, 0.1) is 11.6 Å². The number of benzene rings is 2. The summed E-state index contributed by atoms with van der Waals surface area (Å²) in [4.78, 5) is 13.0. The maximum Gasteiger partial charge on any atom is 0.233 e. The van der Waals surface area contributed by atoms with Crippen LogP contribution in [-0.4, -0.2) is 15.0 Å². The third-order valence-electron chi connectivity index (χ3n) is 3.84. The van der Waals surface area contributed by atoms with E-state index in [4.69, 9.17) is 4.42 Å². The second kappa shape index (κ2) is 8.34. The highest BCUT2D eigenvalue weighted by Gasteiger charge is 2.09. The fourth-order valence-electron chi connectivity index (χ4n) is 2.47. The van der Waals surface area contributed by atoms with Crippen molar-refractivity contribution in [2.75, 3.05) is 16.0 Å². The molecule has 2 heterocycles. The first-order valence-electron chi connectivity index (χ1n) is 8.71.